The average Bonchev–Trinajstić information content (AvgIpc) is 2.77. The van der Waals surface area contributed by atoms with E-state index in [1.807, 2.05) is 0 Å². The second kappa shape index (κ2) is 8.38. The van der Waals surface area contributed by atoms with Crippen LogP contribution in [0.5, 0.6) is 0 Å². The van der Waals surface area contributed by atoms with Crippen molar-refractivity contribution < 1.29 is 0 Å². The number of hydrogen-bond donors (Lipinski definition) is 0. The third-order valence-electron chi connectivity index (χ3n) is 5.97. The lowest BCUT2D eigenvalue weighted by Crippen LogP contribution is -2.46. The Morgan fingerprint density at radius 2 is 0.963 bits per heavy atom. The Bertz CT molecular complexity index is 729. The Labute approximate surface area is 164 Å². The highest BCUT2D eigenvalue weighted by Gasteiger charge is 2.52. The Hall–Kier alpha value is -1.95. The first kappa shape index (κ1) is 18.4. The Balaban J connectivity index is 1.97. The van der Waals surface area contributed by atoms with Gasteiger partial charge in [-0.25, -0.2) is 0 Å². The fourth-order valence-electron chi connectivity index (χ4n) is 4.62. The van der Waals surface area contributed by atoms with Crippen molar-refractivity contribution in [1.82, 2.24) is 4.67 Å². The van der Waals surface area contributed by atoms with Gasteiger partial charge >= 0.3 is 0 Å². The molecular formula is C25H29NP+. The van der Waals surface area contributed by atoms with Crippen LogP contribution < -0.4 is 15.9 Å². The summed E-state index contributed by atoms with van der Waals surface area (Å²) in [6.45, 7) is 0. The van der Waals surface area contributed by atoms with Gasteiger partial charge in [-0.3, -0.25) is 0 Å². The first-order valence-electron chi connectivity index (χ1n) is 10.1. The zero-order valence-corrected chi connectivity index (χ0v) is 17.1. The van der Waals surface area contributed by atoms with Crippen molar-refractivity contribution >= 4 is 23.3 Å². The van der Waals surface area contributed by atoms with Crippen LogP contribution in [0, 0.1) is 0 Å². The van der Waals surface area contributed by atoms with Crippen molar-refractivity contribution in [2.75, 3.05) is 7.05 Å². The minimum Gasteiger partial charge on any atom is -0.166 e. The predicted molar refractivity (Wildman–Crippen MR) is 120 cm³/mol. The minimum atomic E-state index is -1.88. The standard InChI is InChI=1S/C25H29NP/c1-26(22-14-6-2-7-15-22)27(23-16-8-3-9-17-23,24-18-10-4-11-19-24)25-20-12-5-13-21-25/h3-5,8-13,16-22H,2,6-7,14-15H2,1H3/q+1. The molecule has 0 N–H and O–H groups in total. The van der Waals surface area contributed by atoms with E-state index in [-0.39, 0.29) is 0 Å². The summed E-state index contributed by atoms with van der Waals surface area (Å²) >= 11 is 0. The molecule has 1 aliphatic carbocycles. The molecule has 0 aliphatic heterocycles. The molecule has 2 heteroatoms. The van der Waals surface area contributed by atoms with Gasteiger partial charge in [0.05, 0.1) is 0 Å². The molecule has 1 aliphatic rings. The van der Waals surface area contributed by atoms with Gasteiger partial charge < -0.3 is 0 Å². The quantitative estimate of drug-likeness (QED) is 0.558. The molecule has 0 spiro atoms. The van der Waals surface area contributed by atoms with Gasteiger partial charge in [-0.15, -0.1) is 0 Å². The van der Waals surface area contributed by atoms with Gasteiger partial charge in [-0.2, -0.15) is 4.67 Å². The molecule has 3 aromatic rings. The van der Waals surface area contributed by atoms with Crippen LogP contribution in [0.4, 0.5) is 0 Å². The number of nitrogens with zero attached hydrogens (tertiary/aromatic N) is 1. The third-order valence-corrected chi connectivity index (χ3v) is 10.4. The molecular weight excluding hydrogens is 345 g/mol. The normalized spacial score (nSPS) is 15.8. The maximum absolute atomic E-state index is 2.77. The van der Waals surface area contributed by atoms with Gasteiger partial charge in [0.15, 0.2) is 7.41 Å². The highest BCUT2D eigenvalue weighted by Crippen LogP contribution is 2.59. The lowest BCUT2D eigenvalue weighted by molar-refractivity contribution is 0.298. The molecule has 138 valence electrons. The van der Waals surface area contributed by atoms with E-state index in [9.17, 15) is 0 Å². The van der Waals surface area contributed by atoms with E-state index >= 15 is 0 Å². The summed E-state index contributed by atoms with van der Waals surface area (Å²) in [5, 5.41) is 4.36. The van der Waals surface area contributed by atoms with Crippen molar-refractivity contribution in [3.8, 4) is 0 Å². The van der Waals surface area contributed by atoms with Gasteiger partial charge in [-0.05, 0) is 49.2 Å². The lowest BCUT2D eigenvalue weighted by Gasteiger charge is -2.40. The van der Waals surface area contributed by atoms with Gasteiger partial charge in [0, 0.05) is 13.1 Å². The molecule has 1 saturated carbocycles. The number of benzene rings is 3. The molecule has 0 amide bonds. The first-order chi connectivity index (χ1) is 13.3. The van der Waals surface area contributed by atoms with Crippen LogP contribution in [-0.4, -0.2) is 17.8 Å². The second-order valence-corrected chi connectivity index (χ2v) is 11.0. The van der Waals surface area contributed by atoms with Crippen molar-refractivity contribution in [1.29, 1.82) is 0 Å². The van der Waals surface area contributed by atoms with Crippen molar-refractivity contribution in [3.63, 3.8) is 0 Å². The van der Waals surface area contributed by atoms with E-state index in [0.29, 0.717) is 6.04 Å². The van der Waals surface area contributed by atoms with Crippen molar-refractivity contribution in [3.05, 3.63) is 91.0 Å². The molecule has 0 radical (unpaired) electrons. The summed E-state index contributed by atoms with van der Waals surface area (Å²) in [6.07, 6.45) is 6.72. The highest BCUT2D eigenvalue weighted by atomic mass is 31.2. The summed E-state index contributed by atoms with van der Waals surface area (Å²) < 4.78 is 2.77. The summed E-state index contributed by atoms with van der Waals surface area (Å²) in [5.41, 5.74) is 0. The Morgan fingerprint density at radius 3 is 1.33 bits per heavy atom. The maximum Gasteiger partial charge on any atom is 0.181 e. The summed E-state index contributed by atoms with van der Waals surface area (Å²) in [5.74, 6) is 0. The van der Waals surface area contributed by atoms with Gasteiger partial charge in [0.25, 0.3) is 0 Å². The SMILES string of the molecule is CN(C1CCCCC1)[P+](c1ccccc1)(c1ccccc1)c1ccccc1. The monoisotopic (exact) mass is 374 g/mol. The van der Waals surface area contributed by atoms with Crippen molar-refractivity contribution in [2.45, 2.75) is 38.1 Å². The number of hydrogen-bond acceptors (Lipinski definition) is 1. The van der Waals surface area contributed by atoms with Crippen LogP contribution >= 0.6 is 7.41 Å². The largest absolute Gasteiger partial charge is 0.181 e. The first-order valence-corrected chi connectivity index (χ1v) is 11.9. The Kier molecular flexibility index (Phi) is 5.72. The van der Waals surface area contributed by atoms with Crippen LogP contribution in [0.3, 0.4) is 0 Å². The smallest absolute Gasteiger partial charge is 0.166 e. The molecule has 0 unspecified atom stereocenters. The zero-order valence-electron chi connectivity index (χ0n) is 16.2. The molecule has 1 nitrogen and oxygen atoms in total. The molecule has 3 aromatic carbocycles. The van der Waals surface area contributed by atoms with Crippen LogP contribution in [0.25, 0.3) is 0 Å². The minimum absolute atomic E-state index is 0.646. The molecule has 0 bridgehead atoms. The van der Waals surface area contributed by atoms with E-state index in [0.717, 1.165) is 0 Å². The molecule has 0 heterocycles. The van der Waals surface area contributed by atoms with Crippen LogP contribution in [-0.2, 0) is 0 Å². The van der Waals surface area contributed by atoms with E-state index in [1.165, 1.54) is 48.0 Å². The van der Waals surface area contributed by atoms with E-state index in [4.69, 9.17) is 0 Å². The molecule has 0 atom stereocenters. The molecule has 4 rings (SSSR count). The fraction of sp³-hybridized carbons (Fsp3) is 0.280. The van der Waals surface area contributed by atoms with Gasteiger partial charge in [0.2, 0.25) is 0 Å². The van der Waals surface area contributed by atoms with E-state index in [1.54, 1.807) is 0 Å². The van der Waals surface area contributed by atoms with Crippen LogP contribution in [0.2, 0.25) is 0 Å². The zero-order chi connectivity index (χ0) is 18.5. The maximum atomic E-state index is 2.77. The van der Waals surface area contributed by atoms with Crippen LogP contribution in [0.1, 0.15) is 32.1 Å². The molecule has 27 heavy (non-hydrogen) atoms. The van der Waals surface area contributed by atoms with E-state index in [2.05, 4.69) is 103 Å². The predicted octanol–water partition coefficient (Wildman–Crippen LogP) is 5.16. The third kappa shape index (κ3) is 3.47. The fourth-order valence-corrected chi connectivity index (χ4v) is 9.14. The molecule has 0 saturated heterocycles. The highest BCUT2D eigenvalue weighted by molar-refractivity contribution is 7.93. The topological polar surface area (TPSA) is 3.24 Å². The second-order valence-electron chi connectivity index (χ2n) is 7.51. The Morgan fingerprint density at radius 1 is 0.593 bits per heavy atom. The lowest BCUT2D eigenvalue weighted by atomic mass is 9.96. The summed E-state index contributed by atoms with van der Waals surface area (Å²) in [6, 6.07) is 34.3. The molecule has 0 aromatic heterocycles. The summed E-state index contributed by atoms with van der Waals surface area (Å²) in [7, 11) is 0.506. The summed E-state index contributed by atoms with van der Waals surface area (Å²) in [4.78, 5) is 0. The van der Waals surface area contributed by atoms with Crippen LogP contribution in [0.15, 0.2) is 91.0 Å². The van der Waals surface area contributed by atoms with Crippen molar-refractivity contribution in [2.24, 2.45) is 0 Å². The van der Waals surface area contributed by atoms with E-state index < -0.39 is 7.41 Å². The average molecular weight is 374 g/mol. The van der Waals surface area contributed by atoms with Gasteiger partial charge in [0.1, 0.15) is 15.9 Å². The van der Waals surface area contributed by atoms with Gasteiger partial charge in [-0.1, -0.05) is 73.9 Å². The number of rotatable bonds is 5. The molecule has 1 fully saturated rings.